The third kappa shape index (κ3) is 4.29. The number of piperidine rings is 1. The van der Waals surface area contributed by atoms with Crippen molar-refractivity contribution in [2.45, 2.75) is 56.1 Å². The molecule has 1 saturated carbocycles. The predicted molar refractivity (Wildman–Crippen MR) is 147 cm³/mol. The zero-order valence-electron chi connectivity index (χ0n) is 21.8. The number of aromatic nitrogens is 3. The van der Waals surface area contributed by atoms with E-state index in [1.807, 2.05) is 30.6 Å². The first-order valence-electron chi connectivity index (χ1n) is 14.1. The summed E-state index contributed by atoms with van der Waals surface area (Å²) in [6.45, 7) is 6.60. The molecule has 0 radical (unpaired) electrons. The van der Waals surface area contributed by atoms with Crippen LogP contribution in [0.15, 0.2) is 30.6 Å². The molecule has 0 bridgehead atoms. The van der Waals surface area contributed by atoms with Gasteiger partial charge in [-0.1, -0.05) is 25.0 Å². The van der Waals surface area contributed by atoms with Gasteiger partial charge in [0.15, 0.2) is 0 Å². The number of fused-ring (bicyclic) bond motifs is 4. The van der Waals surface area contributed by atoms with Crippen LogP contribution in [-0.2, 0) is 9.53 Å². The van der Waals surface area contributed by atoms with Gasteiger partial charge in [0.25, 0.3) is 0 Å². The van der Waals surface area contributed by atoms with E-state index in [2.05, 4.69) is 41.4 Å². The second-order valence-corrected chi connectivity index (χ2v) is 11.2. The quantitative estimate of drug-likeness (QED) is 0.635. The van der Waals surface area contributed by atoms with Crippen molar-refractivity contribution in [1.29, 1.82) is 0 Å². The van der Waals surface area contributed by atoms with E-state index in [0.717, 1.165) is 69.3 Å². The van der Waals surface area contributed by atoms with Crippen LogP contribution in [0.5, 0.6) is 0 Å². The average molecular weight is 517 g/mol. The third-order valence-corrected chi connectivity index (χ3v) is 9.05. The van der Waals surface area contributed by atoms with Crippen LogP contribution in [0.25, 0.3) is 6.08 Å². The Morgan fingerprint density at radius 1 is 1.03 bits per heavy atom. The number of carbonyl (C=O) groups is 1. The molecule has 4 fully saturated rings. The van der Waals surface area contributed by atoms with Crippen LogP contribution in [0.2, 0.25) is 0 Å². The zero-order valence-corrected chi connectivity index (χ0v) is 21.8. The number of hydrogen-bond donors (Lipinski definition) is 2. The standard InChI is InChI=1S/C28H36N8O2/c37-26-23-5-3-20-17-30-27(33-25(20)36(23)28(19-31-26)9-1-2-10-28)32-24-6-4-22(18-29-24)34-11-7-21(8-12-34)35-13-15-38-16-14-35/h3-6,17-18,21,23H,1-2,7-16,19H2,(H,31,37)(H,29,30,32,33). The van der Waals surface area contributed by atoms with E-state index in [4.69, 9.17) is 9.72 Å². The van der Waals surface area contributed by atoms with Crippen LogP contribution in [0.3, 0.4) is 0 Å². The fraction of sp³-hybridized carbons (Fsp3) is 0.571. The molecule has 38 heavy (non-hydrogen) atoms. The van der Waals surface area contributed by atoms with Crippen molar-refractivity contribution in [3.05, 3.63) is 36.2 Å². The molecule has 2 aromatic rings. The van der Waals surface area contributed by atoms with Gasteiger partial charge in [-0.25, -0.2) is 9.97 Å². The van der Waals surface area contributed by atoms with Gasteiger partial charge < -0.3 is 25.2 Å². The first-order chi connectivity index (χ1) is 18.7. The maximum Gasteiger partial charge on any atom is 0.246 e. The van der Waals surface area contributed by atoms with Gasteiger partial charge in [0, 0.05) is 50.5 Å². The van der Waals surface area contributed by atoms with Gasteiger partial charge in [-0.15, -0.1) is 0 Å². The Morgan fingerprint density at radius 2 is 1.84 bits per heavy atom. The van der Waals surface area contributed by atoms with E-state index in [9.17, 15) is 4.79 Å². The lowest BCUT2D eigenvalue weighted by atomic mass is 9.87. The summed E-state index contributed by atoms with van der Waals surface area (Å²) in [7, 11) is 0. The summed E-state index contributed by atoms with van der Waals surface area (Å²) in [4.78, 5) is 34.2. The summed E-state index contributed by atoms with van der Waals surface area (Å²) in [6.07, 6.45) is 14.6. The molecule has 6 heterocycles. The summed E-state index contributed by atoms with van der Waals surface area (Å²) in [5.41, 5.74) is 2.04. The van der Waals surface area contributed by atoms with Crippen molar-refractivity contribution in [2.24, 2.45) is 0 Å². The highest BCUT2D eigenvalue weighted by atomic mass is 16.5. The highest BCUT2D eigenvalue weighted by molar-refractivity contribution is 5.93. The molecule has 2 aromatic heterocycles. The number of ether oxygens (including phenoxy) is 1. The fourth-order valence-corrected chi connectivity index (χ4v) is 6.98. The first kappa shape index (κ1) is 23.8. The molecule has 1 aliphatic carbocycles. The molecular formula is C28H36N8O2. The fourth-order valence-electron chi connectivity index (χ4n) is 6.98. The minimum atomic E-state index is -0.318. The number of nitrogens with zero attached hydrogens (tertiary/aromatic N) is 6. The van der Waals surface area contributed by atoms with E-state index in [0.29, 0.717) is 24.4 Å². The normalized spacial score (nSPS) is 25.3. The van der Waals surface area contributed by atoms with Crippen LogP contribution in [0.1, 0.15) is 44.1 Å². The number of anilines is 4. The second kappa shape index (κ2) is 9.81. The second-order valence-electron chi connectivity index (χ2n) is 11.2. The number of rotatable bonds is 4. The lowest BCUT2D eigenvalue weighted by Gasteiger charge is -2.50. The number of carbonyl (C=O) groups excluding carboxylic acids is 1. The summed E-state index contributed by atoms with van der Waals surface area (Å²) >= 11 is 0. The molecule has 5 aliphatic rings. The highest BCUT2D eigenvalue weighted by Crippen LogP contribution is 2.44. The Morgan fingerprint density at radius 3 is 2.61 bits per heavy atom. The average Bonchev–Trinajstić information content (AvgIpc) is 3.45. The molecule has 4 aliphatic heterocycles. The molecule has 1 spiro atoms. The van der Waals surface area contributed by atoms with Crippen LogP contribution in [0, 0.1) is 0 Å². The Kier molecular flexibility index (Phi) is 6.16. The number of amides is 1. The van der Waals surface area contributed by atoms with E-state index in [-0.39, 0.29) is 17.5 Å². The van der Waals surface area contributed by atoms with Gasteiger partial charge in [-0.05, 0) is 37.8 Å². The molecule has 0 aromatic carbocycles. The molecule has 1 atom stereocenters. The molecule has 10 nitrogen and oxygen atoms in total. The maximum atomic E-state index is 12.7. The van der Waals surface area contributed by atoms with Gasteiger partial charge in [-0.2, -0.15) is 4.98 Å². The Balaban J connectivity index is 1.04. The molecule has 200 valence electrons. The lowest BCUT2D eigenvalue weighted by Crippen LogP contribution is -2.67. The summed E-state index contributed by atoms with van der Waals surface area (Å²) in [5, 5.41) is 6.44. The summed E-state index contributed by atoms with van der Waals surface area (Å²) in [5.74, 6) is 2.10. The van der Waals surface area contributed by atoms with Gasteiger partial charge in [-0.3, -0.25) is 9.69 Å². The molecule has 1 amide bonds. The van der Waals surface area contributed by atoms with Crippen molar-refractivity contribution in [2.75, 3.05) is 61.1 Å². The van der Waals surface area contributed by atoms with Crippen LogP contribution in [-0.4, -0.2) is 89.3 Å². The molecule has 7 rings (SSSR count). The maximum absolute atomic E-state index is 12.7. The Hall–Kier alpha value is -3.24. The van der Waals surface area contributed by atoms with Gasteiger partial charge in [0.05, 0.1) is 30.6 Å². The zero-order chi connectivity index (χ0) is 25.5. The van der Waals surface area contributed by atoms with E-state index in [1.54, 1.807) is 0 Å². The SMILES string of the molecule is O=C1NCC2(CCCC2)N2c3nc(Nc4ccc(N5CCC(N6CCOCC6)CC5)cn4)ncc3C=CC12. The van der Waals surface area contributed by atoms with Gasteiger partial charge in [0.2, 0.25) is 11.9 Å². The molecule has 10 heteroatoms. The van der Waals surface area contributed by atoms with Gasteiger partial charge >= 0.3 is 0 Å². The summed E-state index contributed by atoms with van der Waals surface area (Å²) in [6, 6.07) is 4.47. The minimum absolute atomic E-state index is 0.0452. The number of hydrogen-bond acceptors (Lipinski definition) is 9. The van der Waals surface area contributed by atoms with Crippen molar-refractivity contribution >= 4 is 35.3 Å². The van der Waals surface area contributed by atoms with Crippen LogP contribution < -0.4 is 20.4 Å². The predicted octanol–water partition coefficient (Wildman–Crippen LogP) is 2.56. The smallest absolute Gasteiger partial charge is 0.246 e. The molecular weight excluding hydrogens is 480 g/mol. The number of nitrogens with one attached hydrogen (secondary N) is 2. The summed E-state index contributed by atoms with van der Waals surface area (Å²) < 4.78 is 5.52. The number of piperazine rings is 1. The lowest BCUT2D eigenvalue weighted by molar-refractivity contribution is -0.123. The first-order valence-corrected chi connectivity index (χ1v) is 14.1. The Bertz CT molecular complexity index is 1200. The minimum Gasteiger partial charge on any atom is -0.379 e. The van der Waals surface area contributed by atoms with Crippen molar-refractivity contribution in [3.63, 3.8) is 0 Å². The van der Waals surface area contributed by atoms with Crippen molar-refractivity contribution in [1.82, 2.24) is 25.2 Å². The largest absolute Gasteiger partial charge is 0.379 e. The molecule has 1 unspecified atom stereocenters. The molecule has 3 saturated heterocycles. The Labute approximate surface area is 223 Å². The van der Waals surface area contributed by atoms with E-state index < -0.39 is 0 Å². The van der Waals surface area contributed by atoms with Crippen LogP contribution >= 0.6 is 0 Å². The van der Waals surface area contributed by atoms with Crippen molar-refractivity contribution < 1.29 is 9.53 Å². The third-order valence-electron chi connectivity index (χ3n) is 9.05. The number of morpholine rings is 1. The van der Waals surface area contributed by atoms with E-state index >= 15 is 0 Å². The van der Waals surface area contributed by atoms with E-state index in [1.165, 1.54) is 25.7 Å². The topological polar surface area (TPSA) is 98.8 Å². The van der Waals surface area contributed by atoms with Crippen LogP contribution in [0.4, 0.5) is 23.3 Å². The van der Waals surface area contributed by atoms with Gasteiger partial charge in [0.1, 0.15) is 17.7 Å². The number of pyridine rings is 1. The monoisotopic (exact) mass is 516 g/mol. The molecule has 2 N–H and O–H groups in total. The highest BCUT2D eigenvalue weighted by Gasteiger charge is 2.50. The van der Waals surface area contributed by atoms with Crippen molar-refractivity contribution in [3.8, 4) is 0 Å².